The van der Waals surface area contributed by atoms with E-state index in [1.54, 1.807) is 42.7 Å². The number of nitrogens with one attached hydrogen (secondary N) is 1. The average molecular weight is 399 g/mol. The molecule has 3 rings (SSSR count). The molecule has 146 valence electrons. The number of furan rings is 1. The minimum Gasteiger partial charge on any atom is -0.464 e. The number of benzene rings is 2. The molecule has 1 amide bonds. The van der Waals surface area contributed by atoms with E-state index in [4.69, 9.17) is 4.42 Å². The lowest BCUT2D eigenvalue weighted by Crippen LogP contribution is -2.29. The van der Waals surface area contributed by atoms with E-state index in [1.165, 1.54) is 12.1 Å². The maximum atomic E-state index is 12.2. The van der Waals surface area contributed by atoms with Crippen molar-refractivity contribution in [2.75, 3.05) is 12.3 Å². The van der Waals surface area contributed by atoms with E-state index in [0.717, 1.165) is 11.3 Å². The molecule has 28 heavy (non-hydrogen) atoms. The Morgan fingerprint density at radius 2 is 1.71 bits per heavy atom. The lowest BCUT2D eigenvalue weighted by molar-refractivity contribution is -0.121. The van der Waals surface area contributed by atoms with Crippen molar-refractivity contribution in [3.05, 3.63) is 78.6 Å². The van der Waals surface area contributed by atoms with Gasteiger partial charge in [-0.2, -0.15) is 0 Å². The van der Waals surface area contributed by atoms with Crippen LogP contribution in [0.25, 0.3) is 11.3 Å². The Balaban J connectivity index is 1.49. The molecule has 0 saturated heterocycles. The van der Waals surface area contributed by atoms with Gasteiger partial charge in [-0.1, -0.05) is 42.5 Å². The number of sulfone groups is 1. The van der Waals surface area contributed by atoms with Crippen LogP contribution in [0.3, 0.4) is 0 Å². The first-order valence-corrected chi connectivity index (χ1v) is 10.5. The van der Waals surface area contributed by atoms with Crippen molar-refractivity contribution in [3.8, 4) is 11.3 Å². The number of rotatable bonds is 8. The molecule has 0 aliphatic carbocycles. The van der Waals surface area contributed by atoms with Crippen molar-refractivity contribution in [2.45, 2.75) is 17.4 Å². The predicted molar refractivity (Wildman–Crippen MR) is 105 cm³/mol. The van der Waals surface area contributed by atoms with Crippen LogP contribution in [0.15, 0.2) is 82.3 Å². The van der Waals surface area contributed by atoms with Crippen LogP contribution in [0.5, 0.6) is 0 Å². The molecule has 0 spiro atoms. The van der Waals surface area contributed by atoms with Gasteiger partial charge in [-0.3, -0.25) is 4.79 Å². The van der Waals surface area contributed by atoms with Crippen LogP contribution >= 0.6 is 0 Å². The highest BCUT2D eigenvalue weighted by atomic mass is 32.2. The van der Waals surface area contributed by atoms with Crippen LogP contribution in [-0.4, -0.2) is 31.7 Å². The van der Waals surface area contributed by atoms with E-state index in [9.17, 15) is 18.3 Å². The maximum absolute atomic E-state index is 12.2. The molecule has 2 N–H and O–H groups in total. The number of carbonyl (C=O) groups is 1. The highest BCUT2D eigenvalue weighted by molar-refractivity contribution is 7.91. The topological polar surface area (TPSA) is 96.6 Å². The van der Waals surface area contributed by atoms with Crippen molar-refractivity contribution in [2.24, 2.45) is 0 Å². The van der Waals surface area contributed by atoms with Gasteiger partial charge in [-0.15, -0.1) is 0 Å². The minimum absolute atomic E-state index is 0.00428. The van der Waals surface area contributed by atoms with E-state index < -0.39 is 21.8 Å². The second-order valence-electron chi connectivity index (χ2n) is 6.30. The number of amides is 1. The van der Waals surface area contributed by atoms with Crippen molar-refractivity contribution in [1.82, 2.24) is 5.32 Å². The van der Waals surface area contributed by atoms with Crippen LogP contribution < -0.4 is 5.32 Å². The second-order valence-corrected chi connectivity index (χ2v) is 8.41. The molecule has 3 aromatic rings. The molecule has 0 aliphatic rings. The van der Waals surface area contributed by atoms with E-state index in [2.05, 4.69) is 5.32 Å². The summed E-state index contributed by atoms with van der Waals surface area (Å²) in [6, 6.07) is 18.8. The van der Waals surface area contributed by atoms with Gasteiger partial charge < -0.3 is 14.8 Å². The number of hydrogen-bond donors (Lipinski definition) is 2. The molecule has 0 bridgehead atoms. The lowest BCUT2D eigenvalue weighted by atomic mass is 10.1. The second kappa shape index (κ2) is 8.86. The van der Waals surface area contributed by atoms with Gasteiger partial charge in [0.15, 0.2) is 9.84 Å². The molecular formula is C21H21NO5S. The van der Waals surface area contributed by atoms with Crippen molar-refractivity contribution >= 4 is 15.7 Å². The zero-order chi connectivity index (χ0) is 20.0. The Labute approximate surface area is 163 Å². The highest BCUT2D eigenvalue weighted by Crippen LogP contribution is 2.22. The Hall–Kier alpha value is -2.90. The molecule has 0 aliphatic heterocycles. The van der Waals surface area contributed by atoms with Gasteiger partial charge in [-0.05, 0) is 29.8 Å². The summed E-state index contributed by atoms with van der Waals surface area (Å²) in [7, 11) is -3.50. The van der Waals surface area contributed by atoms with Crippen LogP contribution in [0.2, 0.25) is 0 Å². The van der Waals surface area contributed by atoms with Crippen molar-refractivity contribution in [3.63, 3.8) is 0 Å². The highest BCUT2D eigenvalue weighted by Gasteiger charge is 2.17. The van der Waals surface area contributed by atoms with Gasteiger partial charge in [0.2, 0.25) is 5.91 Å². The Morgan fingerprint density at radius 3 is 2.36 bits per heavy atom. The number of carbonyl (C=O) groups excluding carboxylic acids is 1. The SMILES string of the molecule is O=C(CCS(=O)(=O)c1ccccc1)NC[C@@H](O)c1ccc(-c2ccco2)cc1. The molecule has 7 heteroatoms. The standard InChI is InChI=1S/C21H21NO5S/c23-19(16-8-10-17(11-9-16)20-7-4-13-27-20)15-22-21(24)12-14-28(25,26)18-5-2-1-3-6-18/h1-11,13,19,23H,12,14-15H2,(H,22,24)/t19-/m1/s1. The molecule has 0 saturated carbocycles. The fraction of sp³-hybridized carbons (Fsp3) is 0.190. The molecule has 2 aromatic carbocycles. The van der Waals surface area contributed by atoms with Crippen LogP contribution in [0.1, 0.15) is 18.1 Å². The third-order valence-electron chi connectivity index (χ3n) is 4.29. The smallest absolute Gasteiger partial charge is 0.221 e. The number of aliphatic hydroxyl groups excluding tert-OH is 1. The summed E-state index contributed by atoms with van der Waals surface area (Å²) in [5, 5.41) is 12.8. The quantitative estimate of drug-likeness (QED) is 0.607. The van der Waals surface area contributed by atoms with Crippen LogP contribution in [-0.2, 0) is 14.6 Å². The molecule has 0 unspecified atom stereocenters. The van der Waals surface area contributed by atoms with Crippen LogP contribution in [0, 0.1) is 0 Å². The van der Waals surface area contributed by atoms with Crippen molar-refractivity contribution in [1.29, 1.82) is 0 Å². The summed E-state index contributed by atoms with van der Waals surface area (Å²) in [5.74, 6) is 0.0243. The van der Waals surface area contributed by atoms with Gasteiger partial charge in [0.25, 0.3) is 0 Å². The molecule has 6 nitrogen and oxygen atoms in total. The molecule has 1 heterocycles. The largest absolute Gasteiger partial charge is 0.464 e. The molecule has 0 fully saturated rings. The molecule has 0 radical (unpaired) electrons. The fourth-order valence-electron chi connectivity index (χ4n) is 2.70. The van der Waals surface area contributed by atoms with Gasteiger partial charge in [0, 0.05) is 18.5 Å². The summed E-state index contributed by atoms with van der Waals surface area (Å²) >= 11 is 0. The summed E-state index contributed by atoms with van der Waals surface area (Å²) in [6.45, 7) is 0.00428. The monoisotopic (exact) mass is 399 g/mol. The van der Waals surface area contributed by atoms with Gasteiger partial charge >= 0.3 is 0 Å². The van der Waals surface area contributed by atoms with Gasteiger partial charge in [0.05, 0.1) is 23.0 Å². The van der Waals surface area contributed by atoms with E-state index in [1.807, 2.05) is 18.2 Å². The fourth-order valence-corrected chi connectivity index (χ4v) is 3.96. The molecule has 1 aromatic heterocycles. The predicted octanol–water partition coefficient (Wildman–Crippen LogP) is 2.96. The van der Waals surface area contributed by atoms with Crippen molar-refractivity contribution < 1.29 is 22.7 Å². The molecule has 1 atom stereocenters. The normalized spacial score (nSPS) is 12.5. The van der Waals surface area contributed by atoms with E-state index in [-0.39, 0.29) is 23.6 Å². The Morgan fingerprint density at radius 1 is 1.00 bits per heavy atom. The Kier molecular flexibility index (Phi) is 6.28. The van der Waals surface area contributed by atoms with Gasteiger partial charge in [0.1, 0.15) is 5.76 Å². The van der Waals surface area contributed by atoms with Gasteiger partial charge in [-0.25, -0.2) is 8.42 Å². The summed E-state index contributed by atoms with van der Waals surface area (Å²) < 4.78 is 29.7. The zero-order valence-electron chi connectivity index (χ0n) is 15.1. The number of aliphatic hydroxyl groups is 1. The minimum atomic E-state index is -3.50. The third kappa shape index (κ3) is 5.09. The third-order valence-corrected chi connectivity index (χ3v) is 6.03. The van der Waals surface area contributed by atoms with E-state index in [0.29, 0.717) is 5.56 Å². The first-order valence-electron chi connectivity index (χ1n) is 8.82. The van der Waals surface area contributed by atoms with E-state index >= 15 is 0 Å². The maximum Gasteiger partial charge on any atom is 0.221 e. The first kappa shape index (κ1) is 19.9. The van der Waals surface area contributed by atoms with Crippen LogP contribution in [0.4, 0.5) is 0 Å². The summed E-state index contributed by atoms with van der Waals surface area (Å²) in [6.07, 6.45) is 0.535. The lowest BCUT2D eigenvalue weighted by Gasteiger charge is -2.13. The Bertz CT molecular complexity index is 997. The zero-order valence-corrected chi connectivity index (χ0v) is 15.9. The average Bonchev–Trinajstić information content (AvgIpc) is 3.26. The molecular weight excluding hydrogens is 378 g/mol. The number of hydrogen-bond acceptors (Lipinski definition) is 5. The summed E-state index contributed by atoms with van der Waals surface area (Å²) in [5.41, 5.74) is 1.53. The first-order chi connectivity index (χ1) is 13.5. The summed E-state index contributed by atoms with van der Waals surface area (Å²) in [4.78, 5) is 12.2.